The molecule has 0 radical (unpaired) electrons. The first-order valence-electron chi connectivity index (χ1n) is 3.13. The number of nitrogens with one attached hydrogen (secondary N) is 1. The lowest BCUT2D eigenvalue weighted by atomic mass is 10.5. The molecule has 0 aromatic carbocycles. The molecule has 0 unspecified atom stereocenters. The second-order valence-electron chi connectivity index (χ2n) is 1.71. The van der Waals surface area contributed by atoms with E-state index in [9.17, 15) is 9.90 Å². The molecular weight excluding hydrogens is 150 g/mol. The van der Waals surface area contributed by atoms with Gasteiger partial charge in [0, 0.05) is 12.5 Å². The van der Waals surface area contributed by atoms with E-state index >= 15 is 0 Å². The van der Waals surface area contributed by atoms with Gasteiger partial charge in [-0.2, -0.15) is 0 Å². The summed E-state index contributed by atoms with van der Waals surface area (Å²) in [5.41, 5.74) is 0. The molecule has 1 amide bonds. The largest absolute Gasteiger partial charge is 0.550 e. The predicted octanol–water partition coefficient (Wildman–Crippen LogP) is -1.91. The van der Waals surface area contributed by atoms with E-state index in [1.165, 1.54) is 0 Å². The van der Waals surface area contributed by atoms with Crippen LogP contribution in [0.3, 0.4) is 0 Å². The van der Waals surface area contributed by atoms with Gasteiger partial charge in [-0.25, -0.2) is 0 Å². The summed E-state index contributed by atoms with van der Waals surface area (Å²) in [4.78, 5) is 18.4. The summed E-state index contributed by atoms with van der Waals surface area (Å²) in [5, 5.41) is 20.5. The molecule has 0 fully saturated rings. The number of amides is 1. The molecule has 0 atom stereocenters. The lowest BCUT2D eigenvalue weighted by Gasteiger charge is -2.01. The van der Waals surface area contributed by atoms with E-state index in [1.807, 2.05) is 6.92 Å². The minimum Gasteiger partial charge on any atom is -0.550 e. The van der Waals surface area contributed by atoms with Gasteiger partial charge in [0.1, 0.15) is 6.09 Å². The van der Waals surface area contributed by atoms with Crippen molar-refractivity contribution in [1.29, 1.82) is 0 Å². The highest BCUT2D eigenvalue weighted by Crippen LogP contribution is 1.65. The third-order valence-corrected chi connectivity index (χ3v) is 0.519. The number of carboxylic acid groups (broad SMARTS) is 2. The highest BCUT2D eigenvalue weighted by atomic mass is 16.4. The first-order valence-corrected chi connectivity index (χ1v) is 3.13. The van der Waals surface area contributed by atoms with Crippen LogP contribution in [0.4, 0.5) is 4.79 Å². The predicted molar refractivity (Wildman–Crippen MR) is 34.4 cm³/mol. The van der Waals surface area contributed by atoms with Crippen molar-refractivity contribution in [3.05, 3.63) is 0 Å². The highest BCUT2D eigenvalue weighted by molar-refractivity contribution is 5.61. The summed E-state index contributed by atoms with van der Waals surface area (Å²) in [6, 6.07) is 0. The molecule has 0 heterocycles. The normalized spacial score (nSPS) is 7.45. The van der Waals surface area contributed by atoms with Crippen LogP contribution in [0.25, 0.3) is 0 Å². The van der Waals surface area contributed by atoms with Crippen LogP contribution >= 0.6 is 0 Å². The molecule has 11 heavy (non-hydrogen) atoms. The SMILES string of the molecule is CC(=O)[O-].CCCNC(=O)[O-]. The average molecular weight is 161 g/mol. The second-order valence-corrected chi connectivity index (χ2v) is 1.71. The van der Waals surface area contributed by atoms with Crippen LogP contribution in [0.15, 0.2) is 0 Å². The van der Waals surface area contributed by atoms with Crippen molar-refractivity contribution < 1.29 is 19.8 Å². The van der Waals surface area contributed by atoms with E-state index < -0.39 is 12.1 Å². The van der Waals surface area contributed by atoms with Crippen molar-refractivity contribution in [3.8, 4) is 0 Å². The summed E-state index contributed by atoms with van der Waals surface area (Å²) < 4.78 is 0. The zero-order valence-corrected chi connectivity index (χ0v) is 6.55. The van der Waals surface area contributed by atoms with E-state index in [2.05, 4.69) is 5.32 Å². The first kappa shape index (κ1) is 12.4. The van der Waals surface area contributed by atoms with Gasteiger partial charge in [0.05, 0.1) is 0 Å². The molecule has 1 N–H and O–H groups in total. The molecule has 0 aromatic heterocycles. The van der Waals surface area contributed by atoms with Gasteiger partial charge in [-0.3, -0.25) is 0 Å². The number of carbonyl (C=O) groups is 2. The van der Waals surface area contributed by atoms with Gasteiger partial charge in [-0.05, 0) is 13.3 Å². The molecule has 5 heteroatoms. The maximum Gasteiger partial charge on any atom is 0.134 e. The van der Waals surface area contributed by atoms with Gasteiger partial charge in [0.2, 0.25) is 0 Å². The van der Waals surface area contributed by atoms with Gasteiger partial charge >= 0.3 is 0 Å². The van der Waals surface area contributed by atoms with Gasteiger partial charge in [0.15, 0.2) is 0 Å². The lowest BCUT2D eigenvalue weighted by Crippen LogP contribution is -2.36. The second kappa shape index (κ2) is 8.74. The smallest absolute Gasteiger partial charge is 0.134 e. The van der Waals surface area contributed by atoms with Crippen molar-refractivity contribution in [2.24, 2.45) is 0 Å². The van der Waals surface area contributed by atoms with E-state index in [1.54, 1.807) is 0 Å². The molecule has 0 bridgehead atoms. The van der Waals surface area contributed by atoms with Crippen molar-refractivity contribution >= 4 is 12.1 Å². The van der Waals surface area contributed by atoms with Crippen LogP contribution in [0.1, 0.15) is 20.3 Å². The topological polar surface area (TPSA) is 92.3 Å². The summed E-state index contributed by atoms with van der Waals surface area (Å²) in [6.07, 6.45) is -0.379. The number of hydrogen-bond acceptors (Lipinski definition) is 4. The van der Waals surface area contributed by atoms with Crippen molar-refractivity contribution in [1.82, 2.24) is 5.32 Å². The number of hydrogen-bond donors (Lipinski definition) is 1. The minimum atomic E-state index is -1.19. The Morgan fingerprint density at radius 2 is 1.73 bits per heavy atom. The zero-order chi connectivity index (χ0) is 9.28. The monoisotopic (exact) mass is 161 g/mol. The van der Waals surface area contributed by atoms with Crippen molar-refractivity contribution in [2.45, 2.75) is 20.3 Å². The Balaban J connectivity index is 0. The standard InChI is InChI=1S/C4H9NO2.C2H4O2/c1-2-3-5-4(6)7;1-2(3)4/h5H,2-3H2,1H3,(H,6,7);1H3,(H,3,4)/p-2. The van der Waals surface area contributed by atoms with Crippen molar-refractivity contribution in [3.63, 3.8) is 0 Å². The van der Waals surface area contributed by atoms with Crippen LogP contribution in [0.5, 0.6) is 0 Å². The van der Waals surface area contributed by atoms with Crippen molar-refractivity contribution in [2.75, 3.05) is 6.54 Å². The Morgan fingerprint density at radius 3 is 1.82 bits per heavy atom. The molecule has 66 valence electrons. The molecule has 0 aliphatic carbocycles. The third-order valence-electron chi connectivity index (χ3n) is 0.519. The number of carboxylic acids is 1. The maximum absolute atomic E-state index is 9.54. The van der Waals surface area contributed by atoms with Crippen LogP contribution in [0.2, 0.25) is 0 Å². The quantitative estimate of drug-likeness (QED) is 0.511. The minimum absolute atomic E-state index is 0.488. The van der Waals surface area contributed by atoms with E-state index in [0.29, 0.717) is 6.54 Å². The Labute approximate surface area is 65.0 Å². The molecule has 0 saturated carbocycles. The Hall–Kier alpha value is -1.26. The fourth-order valence-corrected chi connectivity index (χ4v) is 0.227. The number of carbonyl (C=O) groups excluding carboxylic acids is 2. The Morgan fingerprint density at radius 1 is 1.36 bits per heavy atom. The molecule has 0 spiro atoms. The summed E-state index contributed by atoms with van der Waals surface area (Å²) in [6.45, 7) is 3.35. The van der Waals surface area contributed by atoms with Crippen LogP contribution < -0.4 is 15.5 Å². The average Bonchev–Trinajstić information content (AvgIpc) is 1.82. The maximum atomic E-state index is 9.54. The fourth-order valence-electron chi connectivity index (χ4n) is 0.227. The highest BCUT2D eigenvalue weighted by Gasteiger charge is 1.75. The molecular formula is C6H11NO4-2. The zero-order valence-electron chi connectivity index (χ0n) is 6.55. The number of aliphatic carboxylic acids is 1. The van der Waals surface area contributed by atoms with Crippen LogP contribution in [-0.2, 0) is 4.79 Å². The fraction of sp³-hybridized carbons (Fsp3) is 0.667. The molecule has 0 saturated heterocycles. The van der Waals surface area contributed by atoms with Gasteiger partial charge in [-0.15, -0.1) is 0 Å². The molecule has 0 aliphatic rings. The molecule has 0 aromatic rings. The van der Waals surface area contributed by atoms with Crippen LogP contribution in [0, 0.1) is 0 Å². The number of rotatable bonds is 2. The van der Waals surface area contributed by atoms with E-state index in [0.717, 1.165) is 13.3 Å². The summed E-state index contributed by atoms with van der Waals surface area (Å²) in [5.74, 6) is -1.08. The molecule has 0 rings (SSSR count). The van der Waals surface area contributed by atoms with Crippen LogP contribution in [-0.4, -0.2) is 18.6 Å². The Kier molecular flexibility index (Phi) is 9.87. The summed E-state index contributed by atoms with van der Waals surface area (Å²) >= 11 is 0. The van der Waals surface area contributed by atoms with Gasteiger partial charge < -0.3 is 25.1 Å². The van der Waals surface area contributed by atoms with E-state index in [4.69, 9.17) is 9.90 Å². The van der Waals surface area contributed by atoms with Gasteiger partial charge in [-0.1, -0.05) is 6.92 Å². The van der Waals surface area contributed by atoms with Gasteiger partial charge in [0.25, 0.3) is 0 Å². The third kappa shape index (κ3) is 52.9. The molecule has 0 aliphatic heterocycles. The lowest BCUT2D eigenvalue weighted by molar-refractivity contribution is -0.302. The first-order chi connectivity index (χ1) is 5.00. The molecule has 5 nitrogen and oxygen atoms in total. The summed E-state index contributed by atoms with van der Waals surface area (Å²) in [7, 11) is 0. The Bertz CT molecular complexity index is 120. The van der Waals surface area contributed by atoms with E-state index in [-0.39, 0.29) is 0 Å².